The van der Waals surface area contributed by atoms with Crippen molar-refractivity contribution >= 4 is 28.5 Å². The van der Waals surface area contributed by atoms with E-state index in [0.717, 1.165) is 35.7 Å². The van der Waals surface area contributed by atoms with E-state index in [-0.39, 0.29) is 5.57 Å². The smallest absolute Gasteiger partial charge is 0.268 e. The number of amides is 1. The fraction of sp³-hybridized carbons (Fsp3) is 0.368. The lowest BCUT2D eigenvalue weighted by Crippen LogP contribution is -2.15. The van der Waals surface area contributed by atoms with Crippen LogP contribution in [0, 0.1) is 11.3 Å². The van der Waals surface area contributed by atoms with Gasteiger partial charge in [-0.15, -0.1) is 10.2 Å². The number of nitriles is 1. The first kappa shape index (κ1) is 20.6. The number of anilines is 1. The second-order valence-electron chi connectivity index (χ2n) is 6.05. The zero-order valence-electron chi connectivity index (χ0n) is 15.7. The molecule has 0 spiro atoms. The van der Waals surface area contributed by atoms with E-state index in [4.69, 9.17) is 4.74 Å². The van der Waals surface area contributed by atoms with Crippen molar-refractivity contribution in [2.24, 2.45) is 0 Å². The molecule has 0 saturated heterocycles. The molecule has 0 aliphatic rings. The summed E-state index contributed by atoms with van der Waals surface area (Å²) in [7, 11) is 4.05. The largest absolute Gasteiger partial charge is 0.494 e. The number of carbonyl (C=O) groups is 1. The summed E-state index contributed by atoms with van der Waals surface area (Å²) in [4.78, 5) is 14.4. The molecule has 1 amide bonds. The van der Waals surface area contributed by atoms with Crippen molar-refractivity contribution in [1.82, 2.24) is 15.1 Å². The van der Waals surface area contributed by atoms with Crippen LogP contribution in [0.5, 0.6) is 5.75 Å². The van der Waals surface area contributed by atoms with Gasteiger partial charge in [0.2, 0.25) is 5.13 Å². The minimum absolute atomic E-state index is 0.00269. The molecule has 1 N–H and O–H groups in total. The third-order valence-corrected chi connectivity index (χ3v) is 4.55. The van der Waals surface area contributed by atoms with Gasteiger partial charge in [-0.2, -0.15) is 5.26 Å². The maximum atomic E-state index is 12.3. The third kappa shape index (κ3) is 6.81. The summed E-state index contributed by atoms with van der Waals surface area (Å²) in [5.74, 6) is 0.259. The molecule has 1 aromatic heterocycles. The maximum absolute atomic E-state index is 12.3. The number of hydrogen-bond acceptors (Lipinski definition) is 7. The summed E-state index contributed by atoms with van der Waals surface area (Å²) >= 11 is 1.30. The molecule has 0 fully saturated rings. The summed E-state index contributed by atoms with van der Waals surface area (Å²) in [6.45, 7) is 3.57. The minimum Gasteiger partial charge on any atom is -0.494 e. The first-order valence-corrected chi connectivity index (χ1v) is 9.46. The van der Waals surface area contributed by atoms with Crippen LogP contribution in [0.1, 0.15) is 23.9 Å². The molecule has 1 heterocycles. The van der Waals surface area contributed by atoms with Crippen molar-refractivity contribution in [3.8, 4) is 11.8 Å². The van der Waals surface area contributed by atoms with Crippen LogP contribution in [-0.4, -0.2) is 48.3 Å². The number of ether oxygens (including phenoxy) is 1. The second kappa shape index (κ2) is 10.4. The summed E-state index contributed by atoms with van der Waals surface area (Å²) in [5.41, 5.74) is 0.747. The Hall–Kier alpha value is -2.76. The van der Waals surface area contributed by atoms with E-state index >= 15 is 0 Å². The average molecular weight is 385 g/mol. The molecule has 0 saturated carbocycles. The Labute approximate surface area is 163 Å². The van der Waals surface area contributed by atoms with Gasteiger partial charge in [0.25, 0.3) is 5.91 Å². The Kier molecular flexibility index (Phi) is 7.92. The molecule has 0 aliphatic carbocycles. The Morgan fingerprint density at radius 2 is 2.07 bits per heavy atom. The Morgan fingerprint density at radius 1 is 1.33 bits per heavy atom. The molecule has 0 unspecified atom stereocenters. The van der Waals surface area contributed by atoms with Crippen LogP contribution >= 0.6 is 11.3 Å². The quantitative estimate of drug-likeness (QED) is 0.405. The standard InChI is InChI=1S/C19H23N5O2S/c1-4-17-22-23-19(27-17)21-18(25)15(13-20)12-14-6-8-16(9-7-14)26-11-5-10-24(2)3/h6-9,12H,4-5,10-11H2,1-3H3,(H,21,23,25)/b15-12-. The van der Waals surface area contributed by atoms with Gasteiger partial charge in [-0.25, -0.2) is 0 Å². The minimum atomic E-state index is -0.500. The summed E-state index contributed by atoms with van der Waals surface area (Å²) < 4.78 is 5.68. The summed E-state index contributed by atoms with van der Waals surface area (Å²) in [6.07, 6.45) is 3.23. The topological polar surface area (TPSA) is 91.1 Å². The number of aryl methyl sites for hydroxylation is 1. The number of benzene rings is 1. The van der Waals surface area contributed by atoms with Gasteiger partial charge in [-0.1, -0.05) is 30.4 Å². The molecule has 0 atom stereocenters. The number of carbonyl (C=O) groups excluding carboxylic acids is 1. The van der Waals surface area contributed by atoms with Gasteiger partial charge < -0.3 is 9.64 Å². The van der Waals surface area contributed by atoms with Crippen molar-refractivity contribution in [1.29, 1.82) is 5.26 Å². The predicted octanol–water partition coefficient (Wildman–Crippen LogP) is 2.98. The summed E-state index contributed by atoms with van der Waals surface area (Å²) in [6, 6.07) is 9.20. The van der Waals surface area contributed by atoms with Gasteiger partial charge in [0.1, 0.15) is 22.4 Å². The molecule has 0 aliphatic heterocycles. The molecule has 8 heteroatoms. The van der Waals surface area contributed by atoms with E-state index in [1.165, 1.54) is 17.4 Å². The van der Waals surface area contributed by atoms with Crippen LogP contribution in [0.3, 0.4) is 0 Å². The highest BCUT2D eigenvalue weighted by Crippen LogP contribution is 2.18. The molecule has 2 aromatic rings. The number of rotatable bonds is 9. The fourth-order valence-electron chi connectivity index (χ4n) is 2.16. The first-order valence-electron chi connectivity index (χ1n) is 8.65. The van der Waals surface area contributed by atoms with Crippen molar-refractivity contribution in [3.05, 3.63) is 40.4 Å². The van der Waals surface area contributed by atoms with E-state index < -0.39 is 5.91 Å². The van der Waals surface area contributed by atoms with E-state index in [2.05, 4.69) is 20.4 Å². The normalized spacial score (nSPS) is 11.3. The van der Waals surface area contributed by atoms with Crippen LogP contribution in [-0.2, 0) is 11.2 Å². The molecule has 142 valence electrons. The predicted molar refractivity (Wildman–Crippen MR) is 107 cm³/mol. The van der Waals surface area contributed by atoms with Gasteiger partial charge in [-0.3, -0.25) is 10.1 Å². The SMILES string of the molecule is CCc1nnc(NC(=O)/C(C#N)=C\c2ccc(OCCCN(C)C)cc2)s1. The van der Waals surface area contributed by atoms with Crippen LogP contribution < -0.4 is 10.1 Å². The number of nitrogens with one attached hydrogen (secondary N) is 1. The molecule has 0 radical (unpaired) electrons. The Morgan fingerprint density at radius 3 is 2.67 bits per heavy atom. The van der Waals surface area contributed by atoms with Crippen LogP contribution in [0.15, 0.2) is 29.8 Å². The molecular formula is C19H23N5O2S. The van der Waals surface area contributed by atoms with Crippen LogP contribution in [0.4, 0.5) is 5.13 Å². The highest BCUT2D eigenvalue weighted by molar-refractivity contribution is 7.15. The van der Waals surface area contributed by atoms with E-state index in [0.29, 0.717) is 11.7 Å². The zero-order valence-corrected chi connectivity index (χ0v) is 16.5. The molecular weight excluding hydrogens is 362 g/mol. The Bertz CT molecular complexity index is 821. The van der Waals surface area contributed by atoms with E-state index in [1.807, 2.05) is 51.4 Å². The number of nitrogens with zero attached hydrogens (tertiary/aromatic N) is 4. The van der Waals surface area contributed by atoms with Crippen molar-refractivity contribution in [2.75, 3.05) is 32.6 Å². The molecule has 2 rings (SSSR count). The van der Waals surface area contributed by atoms with E-state index in [9.17, 15) is 10.1 Å². The third-order valence-electron chi connectivity index (χ3n) is 3.56. The van der Waals surface area contributed by atoms with Gasteiger partial charge >= 0.3 is 0 Å². The average Bonchev–Trinajstić information content (AvgIpc) is 3.11. The monoisotopic (exact) mass is 385 g/mol. The zero-order chi connectivity index (χ0) is 19.6. The van der Waals surface area contributed by atoms with Crippen LogP contribution in [0.2, 0.25) is 0 Å². The highest BCUT2D eigenvalue weighted by atomic mass is 32.1. The lowest BCUT2D eigenvalue weighted by atomic mass is 10.1. The highest BCUT2D eigenvalue weighted by Gasteiger charge is 2.12. The summed E-state index contributed by atoms with van der Waals surface area (Å²) in [5, 5.41) is 20.9. The van der Waals surface area contributed by atoms with Crippen molar-refractivity contribution in [2.45, 2.75) is 19.8 Å². The molecule has 7 nitrogen and oxygen atoms in total. The van der Waals surface area contributed by atoms with Gasteiger partial charge in [0, 0.05) is 6.54 Å². The van der Waals surface area contributed by atoms with Crippen LogP contribution in [0.25, 0.3) is 6.08 Å². The number of aromatic nitrogens is 2. The van der Waals surface area contributed by atoms with Gasteiger partial charge in [0.05, 0.1) is 6.61 Å². The van der Waals surface area contributed by atoms with Gasteiger partial charge in [-0.05, 0) is 50.7 Å². The molecule has 27 heavy (non-hydrogen) atoms. The Balaban J connectivity index is 1.95. The lowest BCUT2D eigenvalue weighted by Gasteiger charge is -2.10. The second-order valence-corrected chi connectivity index (χ2v) is 7.11. The molecule has 0 bridgehead atoms. The van der Waals surface area contributed by atoms with Gasteiger partial charge in [0.15, 0.2) is 0 Å². The van der Waals surface area contributed by atoms with E-state index in [1.54, 1.807) is 0 Å². The van der Waals surface area contributed by atoms with Crippen molar-refractivity contribution < 1.29 is 9.53 Å². The fourth-order valence-corrected chi connectivity index (χ4v) is 2.83. The maximum Gasteiger partial charge on any atom is 0.268 e. The molecule has 1 aromatic carbocycles. The number of hydrogen-bond donors (Lipinski definition) is 1. The lowest BCUT2D eigenvalue weighted by molar-refractivity contribution is -0.112. The van der Waals surface area contributed by atoms with Crippen molar-refractivity contribution in [3.63, 3.8) is 0 Å². The first-order chi connectivity index (χ1) is 13.0.